The molecule has 4 unspecified atom stereocenters. The Bertz CT molecular complexity index is 1140. The second-order valence-electron chi connectivity index (χ2n) is 9.11. The van der Waals surface area contributed by atoms with E-state index in [2.05, 4.69) is 25.9 Å². The second kappa shape index (κ2) is 14.6. The number of carbonyl (C=O) groups excluding carboxylic acids is 3. The summed E-state index contributed by atoms with van der Waals surface area (Å²) in [6.45, 7) is 3.41. The molecule has 0 radical (unpaired) electrons. The van der Waals surface area contributed by atoms with Crippen LogP contribution in [0, 0.1) is 5.92 Å². The van der Waals surface area contributed by atoms with Crippen LogP contribution in [0.1, 0.15) is 38.7 Å². The van der Waals surface area contributed by atoms with E-state index in [4.69, 9.17) is 17.2 Å². The first kappa shape index (κ1) is 30.1. The molecule has 3 amide bonds. The highest BCUT2D eigenvalue weighted by Crippen LogP contribution is 2.19. The molecule has 0 saturated carbocycles. The number of fused-ring (bicyclic) bond motifs is 1. The maximum absolute atomic E-state index is 13.4. The number of amides is 3. The molecule has 0 bridgehead atoms. The standard InChI is InChI=1S/C25H38N8O5/c1-3-14(2)21(24(37)38)33-22(35)18(9-6-10-29-25(27)28)32-23(36)19(31-20(34)12-26)11-15-13-30-17-8-5-4-7-16(15)17/h4-5,7-8,13-14,18-19,21,30H,3,6,9-12,26H2,1-2H3,(H,31,34)(H,32,36)(H,33,35)(H,37,38)(H4,27,28,29). The van der Waals surface area contributed by atoms with Crippen LogP contribution in [0.3, 0.4) is 0 Å². The van der Waals surface area contributed by atoms with Crippen molar-refractivity contribution in [3.63, 3.8) is 0 Å². The SMILES string of the molecule is CCC(C)C(NC(=O)C(CCCN=C(N)N)NC(=O)C(Cc1c[nH]c2ccccc12)NC(=O)CN)C(=O)O. The number of aliphatic imine (C=N–C) groups is 1. The zero-order chi connectivity index (χ0) is 28.2. The van der Waals surface area contributed by atoms with Crippen LogP contribution < -0.4 is 33.2 Å². The number of carbonyl (C=O) groups is 4. The van der Waals surface area contributed by atoms with Crippen molar-refractivity contribution in [2.24, 2.45) is 28.1 Å². The number of nitrogens with one attached hydrogen (secondary N) is 4. The third-order valence-electron chi connectivity index (χ3n) is 6.29. The summed E-state index contributed by atoms with van der Waals surface area (Å²) in [5.41, 5.74) is 17.8. The first-order valence-electron chi connectivity index (χ1n) is 12.5. The van der Waals surface area contributed by atoms with Crippen LogP contribution in [0.25, 0.3) is 10.9 Å². The molecule has 2 aromatic rings. The van der Waals surface area contributed by atoms with Crippen molar-refractivity contribution >= 4 is 40.6 Å². The third kappa shape index (κ3) is 8.76. The van der Waals surface area contributed by atoms with E-state index >= 15 is 0 Å². The quantitative estimate of drug-likeness (QED) is 0.0832. The summed E-state index contributed by atoms with van der Waals surface area (Å²) in [5, 5.41) is 18.3. The van der Waals surface area contributed by atoms with Gasteiger partial charge >= 0.3 is 5.97 Å². The van der Waals surface area contributed by atoms with Crippen molar-refractivity contribution in [1.82, 2.24) is 20.9 Å². The molecule has 208 valence electrons. The molecular formula is C25H38N8O5. The molecule has 1 heterocycles. The van der Waals surface area contributed by atoms with Gasteiger partial charge in [0, 0.05) is 30.1 Å². The number of hydrogen-bond donors (Lipinski definition) is 8. The first-order chi connectivity index (χ1) is 18.1. The summed E-state index contributed by atoms with van der Waals surface area (Å²) in [7, 11) is 0. The van der Waals surface area contributed by atoms with Gasteiger partial charge in [-0.05, 0) is 30.4 Å². The van der Waals surface area contributed by atoms with Gasteiger partial charge in [0.25, 0.3) is 0 Å². The molecule has 0 fully saturated rings. The van der Waals surface area contributed by atoms with Gasteiger partial charge in [0.15, 0.2) is 5.96 Å². The number of carboxylic acids is 1. The molecule has 0 aliphatic carbocycles. The third-order valence-corrected chi connectivity index (χ3v) is 6.29. The molecule has 0 aliphatic heterocycles. The van der Waals surface area contributed by atoms with Gasteiger partial charge < -0.3 is 43.2 Å². The van der Waals surface area contributed by atoms with Gasteiger partial charge in [0.2, 0.25) is 17.7 Å². The summed E-state index contributed by atoms with van der Waals surface area (Å²) in [6, 6.07) is 4.24. The highest BCUT2D eigenvalue weighted by atomic mass is 16.4. The fraction of sp³-hybridized carbons (Fsp3) is 0.480. The lowest BCUT2D eigenvalue weighted by Crippen LogP contribution is -2.57. The number of carboxylic acid groups (broad SMARTS) is 1. The van der Waals surface area contributed by atoms with E-state index in [1.807, 2.05) is 31.2 Å². The van der Waals surface area contributed by atoms with Crippen LogP contribution in [0.15, 0.2) is 35.5 Å². The normalized spacial score (nSPS) is 14.1. The fourth-order valence-corrected chi connectivity index (χ4v) is 3.96. The van der Waals surface area contributed by atoms with Crippen LogP contribution in [-0.2, 0) is 25.6 Å². The predicted molar refractivity (Wildman–Crippen MR) is 144 cm³/mol. The average molecular weight is 531 g/mol. The molecule has 0 spiro atoms. The summed E-state index contributed by atoms with van der Waals surface area (Å²) in [6.07, 6.45) is 2.87. The van der Waals surface area contributed by atoms with E-state index in [-0.39, 0.29) is 37.8 Å². The van der Waals surface area contributed by atoms with Crippen LogP contribution >= 0.6 is 0 Å². The first-order valence-corrected chi connectivity index (χ1v) is 12.5. The van der Waals surface area contributed by atoms with Crippen molar-refractivity contribution < 1.29 is 24.3 Å². The summed E-state index contributed by atoms with van der Waals surface area (Å²) < 4.78 is 0. The van der Waals surface area contributed by atoms with E-state index in [9.17, 15) is 24.3 Å². The maximum atomic E-state index is 13.4. The van der Waals surface area contributed by atoms with Gasteiger partial charge in [-0.2, -0.15) is 0 Å². The Labute approximate surface area is 221 Å². The lowest BCUT2D eigenvalue weighted by molar-refractivity contribution is -0.143. The van der Waals surface area contributed by atoms with Crippen molar-refractivity contribution in [3.8, 4) is 0 Å². The van der Waals surface area contributed by atoms with Gasteiger partial charge in [-0.3, -0.25) is 19.4 Å². The molecule has 13 heteroatoms. The smallest absolute Gasteiger partial charge is 0.326 e. The van der Waals surface area contributed by atoms with Crippen molar-refractivity contribution in [1.29, 1.82) is 0 Å². The molecular weight excluding hydrogens is 492 g/mol. The van der Waals surface area contributed by atoms with E-state index in [1.54, 1.807) is 13.1 Å². The minimum Gasteiger partial charge on any atom is -0.480 e. The minimum atomic E-state index is -1.18. The summed E-state index contributed by atoms with van der Waals surface area (Å²) in [5.74, 6) is -3.44. The van der Waals surface area contributed by atoms with Crippen LogP contribution in [0.4, 0.5) is 0 Å². The van der Waals surface area contributed by atoms with Crippen LogP contribution in [-0.4, -0.2) is 71.0 Å². The number of hydrogen-bond acceptors (Lipinski definition) is 6. The molecule has 11 N–H and O–H groups in total. The highest BCUT2D eigenvalue weighted by molar-refractivity contribution is 5.94. The largest absolute Gasteiger partial charge is 0.480 e. The number of nitrogens with two attached hydrogens (primary N) is 3. The average Bonchev–Trinajstić information content (AvgIpc) is 3.30. The van der Waals surface area contributed by atoms with E-state index in [0.29, 0.717) is 12.8 Å². The predicted octanol–water partition coefficient (Wildman–Crippen LogP) is -0.692. The lowest BCUT2D eigenvalue weighted by atomic mass is 9.98. The van der Waals surface area contributed by atoms with Gasteiger partial charge in [0.05, 0.1) is 6.54 Å². The minimum absolute atomic E-state index is 0.110. The molecule has 13 nitrogen and oxygen atoms in total. The Balaban J connectivity index is 2.27. The van der Waals surface area contributed by atoms with Gasteiger partial charge in [-0.1, -0.05) is 38.5 Å². The Morgan fingerprint density at radius 1 is 1.05 bits per heavy atom. The Morgan fingerprint density at radius 3 is 2.37 bits per heavy atom. The summed E-state index contributed by atoms with van der Waals surface area (Å²) >= 11 is 0. The maximum Gasteiger partial charge on any atom is 0.326 e. The number of H-pyrrole nitrogens is 1. The molecule has 2 rings (SSSR count). The molecule has 4 atom stereocenters. The van der Waals surface area contributed by atoms with Gasteiger partial charge in [-0.25, -0.2) is 4.79 Å². The van der Waals surface area contributed by atoms with Crippen molar-refractivity contribution in [3.05, 3.63) is 36.0 Å². The monoisotopic (exact) mass is 530 g/mol. The number of benzene rings is 1. The second-order valence-corrected chi connectivity index (χ2v) is 9.11. The number of aromatic amines is 1. The fourth-order valence-electron chi connectivity index (χ4n) is 3.96. The zero-order valence-electron chi connectivity index (χ0n) is 21.7. The zero-order valence-corrected chi connectivity index (χ0v) is 21.7. The highest BCUT2D eigenvalue weighted by Gasteiger charge is 2.31. The summed E-state index contributed by atoms with van der Waals surface area (Å²) in [4.78, 5) is 57.4. The number of rotatable bonds is 15. The Kier molecular flexibility index (Phi) is 11.5. The molecule has 0 aliphatic rings. The number of aliphatic carboxylic acids is 1. The molecule has 1 aromatic carbocycles. The van der Waals surface area contributed by atoms with Crippen LogP contribution in [0.2, 0.25) is 0 Å². The van der Waals surface area contributed by atoms with Gasteiger partial charge in [0.1, 0.15) is 18.1 Å². The number of aromatic nitrogens is 1. The Hall–Kier alpha value is -4.13. The van der Waals surface area contributed by atoms with E-state index < -0.39 is 41.8 Å². The molecule has 1 aromatic heterocycles. The van der Waals surface area contributed by atoms with Crippen molar-refractivity contribution in [2.75, 3.05) is 13.1 Å². The number of nitrogens with zero attached hydrogens (tertiary/aromatic N) is 1. The number of guanidine groups is 1. The van der Waals surface area contributed by atoms with Gasteiger partial charge in [-0.15, -0.1) is 0 Å². The lowest BCUT2D eigenvalue weighted by Gasteiger charge is -2.26. The molecule has 38 heavy (non-hydrogen) atoms. The topological polar surface area (TPSA) is 231 Å². The Morgan fingerprint density at radius 2 is 1.74 bits per heavy atom. The van der Waals surface area contributed by atoms with Crippen molar-refractivity contribution in [2.45, 2.75) is 57.7 Å². The number of para-hydroxylation sites is 1. The molecule has 0 saturated heterocycles. The van der Waals surface area contributed by atoms with E-state index in [0.717, 1.165) is 16.5 Å². The van der Waals surface area contributed by atoms with Crippen LogP contribution in [0.5, 0.6) is 0 Å². The van der Waals surface area contributed by atoms with E-state index in [1.165, 1.54) is 0 Å².